The van der Waals surface area contributed by atoms with Crippen LogP contribution in [0.1, 0.15) is 67.7 Å². The van der Waals surface area contributed by atoms with Crippen LogP contribution in [-0.2, 0) is 14.3 Å². The lowest BCUT2D eigenvalue weighted by molar-refractivity contribution is -0.165. The minimum atomic E-state index is -1.02. The third-order valence-electron chi connectivity index (χ3n) is 3.64. The molecule has 5 heteroatoms. The van der Waals surface area contributed by atoms with Gasteiger partial charge in [-0.3, -0.25) is 9.59 Å². The van der Waals surface area contributed by atoms with E-state index in [9.17, 15) is 14.7 Å². The van der Waals surface area contributed by atoms with E-state index < -0.39 is 23.6 Å². The summed E-state index contributed by atoms with van der Waals surface area (Å²) in [5.41, 5.74) is -0.606. The van der Waals surface area contributed by atoms with Gasteiger partial charge in [-0.15, -0.1) is 0 Å². The van der Waals surface area contributed by atoms with Crippen LogP contribution in [0.4, 0.5) is 0 Å². The summed E-state index contributed by atoms with van der Waals surface area (Å²) in [4.78, 5) is 24.3. The minimum Gasteiger partial charge on any atom is -0.460 e. The molecule has 136 valence electrons. The summed E-state index contributed by atoms with van der Waals surface area (Å²) in [7, 11) is 0. The Balaban J connectivity index is 4.71. The van der Waals surface area contributed by atoms with Gasteiger partial charge in [-0.2, -0.15) is 0 Å². The third kappa shape index (κ3) is 10.3. The Kier molecular flexibility index (Phi) is 9.44. The lowest BCUT2D eigenvalue weighted by Gasteiger charge is -2.27. The molecule has 5 nitrogen and oxygen atoms in total. The molecule has 0 aromatic carbocycles. The molecule has 0 spiro atoms. The predicted octanol–water partition coefficient (Wildman–Crippen LogP) is 2.90. The van der Waals surface area contributed by atoms with Gasteiger partial charge in [0.15, 0.2) is 0 Å². The number of carbonyl (C=O) groups excluding carboxylic acids is 2. The monoisotopic (exact) mass is 329 g/mol. The van der Waals surface area contributed by atoms with Crippen LogP contribution in [0.25, 0.3) is 0 Å². The molecular formula is C18H35NO4. The van der Waals surface area contributed by atoms with Crippen LogP contribution in [0.3, 0.4) is 0 Å². The molecule has 3 atom stereocenters. The number of hydrogen-bond donors (Lipinski definition) is 2. The first-order valence-electron chi connectivity index (χ1n) is 8.63. The number of ether oxygens (including phenoxy) is 1. The van der Waals surface area contributed by atoms with Crippen molar-refractivity contribution in [2.45, 2.75) is 79.4 Å². The first-order valence-corrected chi connectivity index (χ1v) is 8.63. The summed E-state index contributed by atoms with van der Waals surface area (Å²) in [6, 6.07) is 0. The number of rotatable bonds is 9. The van der Waals surface area contributed by atoms with E-state index >= 15 is 0 Å². The fraction of sp³-hybridized carbons (Fsp3) is 0.889. The average Bonchev–Trinajstić information content (AvgIpc) is 2.39. The van der Waals surface area contributed by atoms with E-state index in [4.69, 9.17) is 4.74 Å². The highest BCUT2D eigenvalue weighted by Crippen LogP contribution is 2.22. The van der Waals surface area contributed by atoms with E-state index in [1.165, 1.54) is 0 Å². The third-order valence-corrected chi connectivity index (χ3v) is 3.64. The van der Waals surface area contributed by atoms with Crippen LogP contribution >= 0.6 is 0 Å². The Morgan fingerprint density at radius 2 is 1.74 bits per heavy atom. The summed E-state index contributed by atoms with van der Waals surface area (Å²) in [6.45, 7) is 14.0. The van der Waals surface area contributed by atoms with Crippen molar-refractivity contribution in [1.82, 2.24) is 5.32 Å². The summed E-state index contributed by atoms with van der Waals surface area (Å²) >= 11 is 0. The maximum absolute atomic E-state index is 12.3. The summed E-state index contributed by atoms with van der Waals surface area (Å²) in [5, 5.41) is 13.2. The standard InChI is InChI=1S/C18H35NO4/c1-8-13(4)11-19-16(21)10-15(20)14(9-12(2)3)17(22)23-18(5,6)7/h12-15,20H,8-11H2,1-7H3,(H,19,21)/t13?,14-,15-/m0/s1. The molecule has 0 fully saturated rings. The fourth-order valence-corrected chi connectivity index (χ4v) is 2.13. The van der Waals surface area contributed by atoms with Gasteiger partial charge in [0.25, 0.3) is 0 Å². The van der Waals surface area contributed by atoms with Gasteiger partial charge < -0.3 is 15.2 Å². The fourth-order valence-electron chi connectivity index (χ4n) is 2.13. The van der Waals surface area contributed by atoms with Gasteiger partial charge in [0, 0.05) is 6.54 Å². The van der Waals surface area contributed by atoms with Crippen molar-refractivity contribution in [3.8, 4) is 0 Å². The molecule has 0 bridgehead atoms. The molecule has 0 aliphatic rings. The molecule has 0 rings (SSSR count). The minimum absolute atomic E-state index is 0.0763. The Morgan fingerprint density at radius 3 is 2.17 bits per heavy atom. The van der Waals surface area contributed by atoms with E-state index in [0.29, 0.717) is 18.9 Å². The zero-order valence-corrected chi connectivity index (χ0v) is 15.8. The van der Waals surface area contributed by atoms with Gasteiger partial charge in [0.05, 0.1) is 18.4 Å². The quantitative estimate of drug-likeness (QED) is 0.638. The van der Waals surface area contributed by atoms with Gasteiger partial charge in [-0.05, 0) is 39.0 Å². The Hall–Kier alpha value is -1.10. The van der Waals surface area contributed by atoms with Crippen molar-refractivity contribution in [1.29, 1.82) is 0 Å². The molecular weight excluding hydrogens is 294 g/mol. The number of hydrogen-bond acceptors (Lipinski definition) is 4. The Morgan fingerprint density at radius 1 is 1.17 bits per heavy atom. The predicted molar refractivity (Wildman–Crippen MR) is 91.9 cm³/mol. The van der Waals surface area contributed by atoms with Crippen molar-refractivity contribution >= 4 is 11.9 Å². The van der Waals surface area contributed by atoms with Crippen molar-refractivity contribution in [3.63, 3.8) is 0 Å². The SMILES string of the molecule is CCC(C)CNC(=O)C[C@H](O)[C@H](CC(C)C)C(=O)OC(C)(C)C. The normalized spacial score (nSPS) is 15.9. The number of nitrogens with one attached hydrogen (secondary N) is 1. The molecule has 0 saturated heterocycles. The highest BCUT2D eigenvalue weighted by Gasteiger charge is 2.32. The largest absolute Gasteiger partial charge is 0.460 e. The molecule has 0 saturated carbocycles. The van der Waals surface area contributed by atoms with E-state index in [1.54, 1.807) is 20.8 Å². The number of amides is 1. The lowest BCUT2D eigenvalue weighted by atomic mass is 9.90. The number of aliphatic hydroxyl groups excluding tert-OH is 1. The van der Waals surface area contributed by atoms with Crippen molar-refractivity contribution in [2.24, 2.45) is 17.8 Å². The maximum atomic E-state index is 12.3. The number of carbonyl (C=O) groups is 2. The Bertz CT molecular complexity index is 374. The van der Waals surface area contributed by atoms with Gasteiger partial charge in [-0.1, -0.05) is 34.1 Å². The highest BCUT2D eigenvalue weighted by atomic mass is 16.6. The van der Waals surface area contributed by atoms with Gasteiger partial charge in [0.1, 0.15) is 5.60 Å². The molecule has 0 aromatic heterocycles. The van der Waals surface area contributed by atoms with Crippen molar-refractivity contribution in [3.05, 3.63) is 0 Å². The van der Waals surface area contributed by atoms with Crippen molar-refractivity contribution < 1.29 is 19.4 Å². The molecule has 23 heavy (non-hydrogen) atoms. The van der Waals surface area contributed by atoms with Gasteiger partial charge >= 0.3 is 5.97 Å². The van der Waals surface area contributed by atoms with Gasteiger partial charge in [0.2, 0.25) is 5.91 Å². The van der Waals surface area contributed by atoms with Crippen LogP contribution in [0.15, 0.2) is 0 Å². The molecule has 1 unspecified atom stereocenters. The van der Waals surface area contributed by atoms with Crippen LogP contribution in [0.5, 0.6) is 0 Å². The summed E-state index contributed by atoms with van der Waals surface area (Å²) in [5.74, 6) is -0.717. The second-order valence-electron chi connectivity index (χ2n) is 7.86. The second-order valence-corrected chi connectivity index (χ2v) is 7.86. The van der Waals surface area contributed by atoms with Crippen LogP contribution < -0.4 is 5.32 Å². The molecule has 2 N–H and O–H groups in total. The topological polar surface area (TPSA) is 75.6 Å². The second kappa shape index (κ2) is 9.91. The van der Waals surface area contributed by atoms with Crippen molar-refractivity contribution in [2.75, 3.05) is 6.54 Å². The van der Waals surface area contributed by atoms with E-state index in [2.05, 4.69) is 19.2 Å². The first kappa shape index (κ1) is 21.9. The molecule has 0 aliphatic heterocycles. The molecule has 0 aliphatic carbocycles. The summed E-state index contributed by atoms with van der Waals surface area (Å²) < 4.78 is 5.39. The van der Waals surface area contributed by atoms with Gasteiger partial charge in [-0.25, -0.2) is 0 Å². The van der Waals surface area contributed by atoms with E-state index in [0.717, 1.165) is 6.42 Å². The average molecular weight is 329 g/mol. The Labute approximate surface area is 141 Å². The first-order chi connectivity index (χ1) is 10.5. The number of aliphatic hydroxyl groups is 1. The van der Waals surface area contributed by atoms with Crippen LogP contribution in [0.2, 0.25) is 0 Å². The lowest BCUT2D eigenvalue weighted by Crippen LogP contribution is -2.39. The smallest absolute Gasteiger partial charge is 0.312 e. The molecule has 1 amide bonds. The molecule has 0 aromatic rings. The number of esters is 1. The summed E-state index contributed by atoms with van der Waals surface area (Å²) in [6.07, 6.45) is 0.377. The molecule has 0 radical (unpaired) electrons. The zero-order valence-electron chi connectivity index (χ0n) is 15.8. The van der Waals surface area contributed by atoms with Crippen LogP contribution in [-0.4, -0.2) is 35.2 Å². The van der Waals surface area contributed by atoms with E-state index in [1.807, 2.05) is 13.8 Å². The highest BCUT2D eigenvalue weighted by molar-refractivity contribution is 5.79. The molecule has 0 heterocycles. The zero-order chi connectivity index (χ0) is 18.2. The maximum Gasteiger partial charge on any atom is 0.312 e. The van der Waals surface area contributed by atoms with Crippen LogP contribution in [0, 0.1) is 17.8 Å². The van der Waals surface area contributed by atoms with E-state index in [-0.39, 0.29) is 18.2 Å².